The minimum absolute atomic E-state index is 0.511. The average Bonchev–Trinajstić information content (AvgIpc) is 2.31. The summed E-state index contributed by atoms with van der Waals surface area (Å²) in [6, 6.07) is 3.31. The lowest BCUT2D eigenvalue weighted by molar-refractivity contribution is 0.951. The van der Waals surface area contributed by atoms with Crippen LogP contribution in [0.2, 0.25) is 0 Å². The summed E-state index contributed by atoms with van der Waals surface area (Å²) < 4.78 is 1.92. The Hall–Kier alpha value is 0.110. The van der Waals surface area contributed by atoms with Gasteiger partial charge in [-0.25, -0.2) is 0 Å². The summed E-state index contributed by atoms with van der Waals surface area (Å²) in [5.74, 6) is 0. The fourth-order valence-electron chi connectivity index (χ4n) is 0.580. The number of hydrogen-bond acceptors (Lipinski definition) is 3. The van der Waals surface area contributed by atoms with Crippen LogP contribution in [0.15, 0.2) is 14.3 Å². The number of halogens is 2. The molecule has 1 aromatic rings. The van der Waals surface area contributed by atoms with E-state index in [-0.39, 0.29) is 0 Å². The van der Waals surface area contributed by atoms with E-state index in [1.54, 1.807) is 0 Å². The normalized spacial score (nSPS) is 12.5. The van der Waals surface area contributed by atoms with Crippen molar-refractivity contribution < 1.29 is 0 Å². The third kappa shape index (κ3) is 2.03. The summed E-state index contributed by atoms with van der Waals surface area (Å²) >= 11 is 8.10. The molecule has 1 atom stereocenters. The second-order valence-corrected chi connectivity index (χ2v) is 5.13. The molecule has 0 aliphatic carbocycles. The molecular formula is C6H4Br2N2S. The van der Waals surface area contributed by atoms with E-state index in [2.05, 4.69) is 31.9 Å². The Morgan fingerprint density at radius 2 is 2.27 bits per heavy atom. The maximum absolute atomic E-state index is 8.49. The molecule has 0 aliphatic rings. The van der Waals surface area contributed by atoms with E-state index in [4.69, 9.17) is 11.0 Å². The molecule has 0 bridgehead atoms. The molecule has 0 spiro atoms. The van der Waals surface area contributed by atoms with Crippen LogP contribution in [0.4, 0.5) is 0 Å². The highest BCUT2D eigenvalue weighted by Crippen LogP contribution is 2.34. The predicted octanol–water partition coefficient (Wildman–Crippen LogP) is 2.80. The minimum Gasteiger partial charge on any atom is -0.312 e. The van der Waals surface area contributed by atoms with Crippen molar-refractivity contribution in [2.75, 3.05) is 0 Å². The van der Waals surface area contributed by atoms with E-state index in [0.717, 1.165) is 13.1 Å². The predicted molar refractivity (Wildman–Crippen MR) is 52.3 cm³/mol. The molecule has 0 fully saturated rings. The lowest BCUT2D eigenvalue weighted by Crippen LogP contribution is -2.04. The first kappa shape index (κ1) is 9.20. The Bertz CT molecular complexity index is 283. The third-order valence-corrected chi connectivity index (χ3v) is 4.45. The number of hydrogen-bond donors (Lipinski definition) is 1. The molecule has 1 rings (SSSR count). The first-order valence-electron chi connectivity index (χ1n) is 2.75. The molecule has 0 saturated heterocycles. The van der Waals surface area contributed by atoms with E-state index < -0.39 is 6.04 Å². The second-order valence-electron chi connectivity index (χ2n) is 1.88. The molecule has 2 nitrogen and oxygen atoms in total. The van der Waals surface area contributed by atoms with E-state index in [1.165, 1.54) is 11.3 Å². The molecule has 1 heterocycles. The molecule has 5 heteroatoms. The minimum atomic E-state index is -0.511. The van der Waals surface area contributed by atoms with Crippen molar-refractivity contribution in [2.45, 2.75) is 6.04 Å². The van der Waals surface area contributed by atoms with Crippen LogP contribution in [0.5, 0.6) is 0 Å². The number of thiophene rings is 1. The first-order valence-corrected chi connectivity index (χ1v) is 5.15. The summed E-state index contributed by atoms with van der Waals surface area (Å²) in [4.78, 5) is 0.867. The summed E-state index contributed by atoms with van der Waals surface area (Å²) in [6.07, 6.45) is 0. The second kappa shape index (κ2) is 3.68. The van der Waals surface area contributed by atoms with Gasteiger partial charge >= 0.3 is 0 Å². The van der Waals surface area contributed by atoms with Gasteiger partial charge in [0.1, 0.15) is 6.04 Å². The fraction of sp³-hybridized carbons (Fsp3) is 0.167. The quantitative estimate of drug-likeness (QED) is 0.866. The maximum atomic E-state index is 8.49. The smallest absolute Gasteiger partial charge is 0.128 e. The molecule has 58 valence electrons. The summed E-state index contributed by atoms with van der Waals surface area (Å²) in [5, 5.41) is 8.49. The van der Waals surface area contributed by atoms with Crippen molar-refractivity contribution in [1.29, 1.82) is 5.26 Å². The van der Waals surface area contributed by atoms with Gasteiger partial charge in [-0.2, -0.15) is 5.26 Å². The van der Waals surface area contributed by atoms with E-state index in [1.807, 2.05) is 12.1 Å². The number of rotatable bonds is 1. The van der Waals surface area contributed by atoms with E-state index in [9.17, 15) is 0 Å². The molecule has 0 radical (unpaired) electrons. The van der Waals surface area contributed by atoms with Crippen LogP contribution in [0, 0.1) is 11.3 Å². The highest BCUT2D eigenvalue weighted by molar-refractivity contribution is 9.13. The molecule has 0 amide bonds. The molecule has 1 aromatic heterocycles. The molecule has 11 heavy (non-hydrogen) atoms. The summed E-state index contributed by atoms with van der Waals surface area (Å²) in [7, 11) is 0. The van der Waals surface area contributed by atoms with Crippen molar-refractivity contribution in [2.24, 2.45) is 5.73 Å². The first-order chi connectivity index (χ1) is 5.15. The van der Waals surface area contributed by atoms with Crippen LogP contribution in [0.25, 0.3) is 0 Å². The Morgan fingerprint density at radius 3 is 2.64 bits per heavy atom. The fourth-order valence-corrected chi connectivity index (χ4v) is 2.62. The van der Waals surface area contributed by atoms with Gasteiger partial charge in [0.25, 0.3) is 0 Å². The number of nitriles is 1. The molecule has 0 unspecified atom stereocenters. The largest absolute Gasteiger partial charge is 0.312 e. The van der Waals surface area contributed by atoms with Crippen LogP contribution < -0.4 is 5.73 Å². The summed E-state index contributed by atoms with van der Waals surface area (Å²) in [6.45, 7) is 0. The van der Waals surface area contributed by atoms with Gasteiger partial charge in [0.2, 0.25) is 0 Å². The lowest BCUT2D eigenvalue weighted by atomic mass is 10.3. The van der Waals surface area contributed by atoms with Crippen molar-refractivity contribution in [3.8, 4) is 6.07 Å². The Kier molecular flexibility index (Phi) is 3.07. The Morgan fingerprint density at radius 1 is 1.64 bits per heavy atom. The highest BCUT2D eigenvalue weighted by Gasteiger charge is 2.09. The van der Waals surface area contributed by atoms with Crippen molar-refractivity contribution in [3.63, 3.8) is 0 Å². The third-order valence-electron chi connectivity index (χ3n) is 1.11. The van der Waals surface area contributed by atoms with E-state index >= 15 is 0 Å². The molecule has 0 aliphatic heterocycles. The van der Waals surface area contributed by atoms with Crippen LogP contribution in [0.3, 0.4) is 0 Å². The van der Waals surface area contributed by atoms with Gasteiger partial charge < -0.3 is 5.73 Å². The van der Waals surface area contributed by atoms with Crippen molar-refractivity contribution in [1.82, 2.24) is 0 Å². The van der Waals surface area contributed by atoms with Gasteiger partial charge in [0.15, 0.2) is 0 Å². The zero-order chi connectivity index (χ0) is 8.43. The molecule has 0 saturated carbocycles. The maximum Gasteiger partial charge on any atom is 0.128 e. The van der Waals surface area contributed by atoms with Crippen LogP contribution in [0.1, 0.15) is 10.9 Å². The van der Waals surface area contributed by atoms with Gasteiger partial charge in [-0.1, -0.05) is 0 Å². The lowest BCUT2D eigenvalue weighted by Gasteiger charge is -1.93. The highest BCUT2D eigenvalue weighted by atomic mass is 79.9. The molecule has 0 aromatic carbocycles. The van der Waals surface area contributed by atoms with Crippen LogP contribution in [-0.2, 0) is 0 Å². The Labute approximate surface area is 85.3 Å². The average molecular weight is 296 g/mol. The van der Waals surface area contributed by atoms with Crippen molar-refractivity contribution >= 4 is 43.2 Å². The van der Waals surface area contributed by atoms with E-state index in [0.29, 0.717) is 0 Å². The number of nitrogens with zero attached hydrogens (tertiary/aromatic N) is 1. The monoisotopic (exact) mass is 294 g/mol. The van der Waals surface area contributed by atoms with Gasteiger partial charge in [0, 0.05) is 9.35 Å². The standard InChI is InChI=1S/C6H4Br2N2S/c7-3-1-5(4(10)2-9)11-6(3)8/h1,4H,10H2/t4-/m1/s1. The Balaban J connectivity index is 2.99. The molecule has 2 N–H and O–H groups in total. The SMILES string of the molecule is N#C[C@@H](N)c1cc(Br)c(Br)s1. The summed E-state index contributed by atoms with van der Waals surface area (Å²) in [5.41, 5.74) is 5.48. The molecular weight excluding hydrogens is 292 g/mol. The van der Waals surface area contributed by atoms with Crippen LogP contribution in [-0.4, -0.2) is 0 Å². The topological polar surface area (TPSA) is 49.8 Å². The zero-order valence-corrected chi connectivity index (χ0v) is 9.33. The zero-order valence-electron chi connectivity index (χ0n) is 5.34. The van der Waals surface area contributed by atoms with Crippen molar-refractivity contribution in [3.05, 3.63) is 19.2 Å². The number of nitrogens with two attached hydrogens (primary N) is 1. The van der Waals surface area contributed by atoms with Gasteiger partial charge in [-0.3, -0.25) is 0 Å². The van der Waals surface area contributed by atoms with Gasteiger partial charge in [-0.15, -0.1) is 11.3 Å². The van der Waals surface area contributed by atoms with Crippen LogP contribution >= 0.6 is 43.2 Å². The van der Waals surface area contributed by atoms with Gasteiger partial charge in [0.05, 0.1) is 9.86 Å². The van der Waals surface area contributed by atoms with Gasteiger partial charge in [-0.05, 0) is 37.9 Å².